The normalized spacial score (nSPS) is 16.6. The summed E-state index contributed by atoms with van der Waals surface area (Å²) in [6.45, 7) is 6.89. The fourth-order valence-corrected chi connectivity index (χ4v) is 3.14. The molecule has 0 aliphatic carbocycles. The molecule has 1 aromatic heterocycles. The molecule has 2 aromatic rings. The first-order valence-electron chi connectivity index (χ1n) is 9.12. The summed E-state index contributed by atoms with van der Waals surface area (Å²) in [5.41, 5.74) is 2.26. The molecule has 3 rings (SSSR count). The number of benzene rings is 1. The highest BCUT2D eigenvalue weighted by Crippen LogP contribution is 2.16. The van der Waals surface area contributed by atoms with Crippen molar-refractivity contribution in [1.29, 1.82) is 0 Å². The zero-order valence-electron chi connectivity index (χ0n) is 15.2. The first-order valence-corrected chi connectivity index (χ1v) is 9.12. The summed E-state index contributed by atoms with van der Waals surface area (Å²) >= 11 is 0. The van der Waals surface area contributed by atoms with Crippen LogP contribution in [0, 0.1) is 0 Å². The van der Waals surface area contributed by atoms with Gasteiger partial charge in [-0.05, 0) is 42.8 Å². The Kier molecular flexibility index (Phi) is 6.39. The molecule has 5 heteroatoms. The van der Waals surface area contributed by atoms with Crippen molar-refractivity contribution in [2.24, 2.45) is 0 Å². The molecule has 1 aliphatic heterocycles. The van der Waals surface area contributed by atoms with Gasteiger partial charge in [0, 0.05) is 62.9 Å². The lowest BCUT2D eigenvalue weighted by molar-refractivity contribution is -0.116. The summed E-state index contributed by atoms with van der Waals surface area (Å²) in [7, 11) is 0. The predicted molar refractivity (Wildman–Crippen MR) is 106 cm³/mol. The van der Waals surface area contributed by atoms with Crippen LogP contribution in [-0.2, 0) is 4.79 Å². The third-order valence-corrected chi connectivity index (χ3v) is 4.76. The second kappa shape index (κ2) is 9.15. The molecule has 26 heavy (non-hydrogen) atoms. The highest BCUT2D eigenvalue weighted by molar-refractivity contribution is 5.91. The van der Waals surface area contributed by atoms with Crippen molar-refractivity contribution in [2.75, 3.05) is 37.6 Å². The van der Waals surface area contributed by atoms with Crippen LogP contribution in [0.5, 0.6) is 0 Å². The zero-order valence-corrected chi connectivity index (χ0v) is 15.2. The van der Waals surface area contributed by atoms with Crippen molar-refractivity contribution in [3.63, 3.8) is 0 Å². The Morgan fingerprint density at radius 1 is 1.12 bits per heavy atom. The minimum atomic E-state index is -0.0587. The second-order valence-corrected chi connectivity index (χ2v) is 6.57. The number of amides is 1. The maximum Gasteiger partial charge on any atom is 0.244 e. The summed E-state index contributed by atoms with van der Waals surface area (Å²) in [5, 5.41) is 3.00. The molecule has 1 unspecified atom stereocenters. The molecule has 2 heterocycles. The smallest absolute Gasteiger partial charge is 0.244 e. The molecule has 1 aliphatic rings. The number of hydrogen-bond acceptors (Lipinski definition) is 4. The Balaban J connectivity index is 1.41. The van der Waals surface area contributed by atoms with Crippen molar-refractivity contribution in [3.8, 4) is 0 Å². The average Bonchev–Trinajstić information content (AvgIpc) is 2.72. The summed E-state index contributed by atoms with van der Waals surface area (Å²) in [6.07, 6.45) is 6.82. The molecule has 1 fully saturated rings. The number of anilines is 1. The van der Waals surface area contributed by atoms with Gasteiger partial charge < -0.3 is 10.2 Å². The number of pyridine rings is 1. The summed E-state index contributed by atoms with van der Waals surface area (Å²) in [5.74, 6) is -0.0587. The van der Waals surface area contributed by atoms with Crippen LogP contribution in [0.2, 0.25) is 0 Å². The molecule has 1 aromatic carbocycles. The lowest BCUT2D eigenvalue weighted by atomic mass is 10.2. The number of piperazine rings is 1. The van der Waals surface area contributed by atoms with Crippen LogP contribution in [0.25, 0.3) is 6.08 Å². The number of nitrogens with zero attached hydrogens (tertiary/aromatic N) is 3. The lowest BCUT2D eigenvalue weighted by Gasteiger charge is -2.39. The van der Waals surface area contributed by atoms with Crippen LogP contribution in [0.3, 0.4) is 0 Å². The molecule has 1 saturated heterocycles. The fourth-order valence-electron chi connectivity index (χ4n) is 3.14. The maximum atomic E-state index is 12.0. The number of nitrogens with one attached hydrogen (secondary N) is 1. The molecule has 0 bridgehead atoms. The topological polar surface area (TPSA) is 48.5 Å². The molecule has 136 valence electrons. The summed E-state index contributed by atoms with van der Waals surface area (Å²) < 4.78 is 0. The van der Waals surface area contributed by atoms with Gasteiger partial charge in [0.25, 0.3) is 0 Å². The van der Waals surface area contributed by atoms with Gasteiger partial charge in [0.2, 0.25) is 5.91 Å². The van der Waals surface area contributed by atoms with Gasteiger partial charge in [-0.3, -0.25) is 14.7 Å². The summed E-state index contributed by atoms with van der Waals surface area (Å²) in [6, 6.07) is 14.6. The highest BCUT2D eigenvalue weighted by atomic mass is 16.1. The van der Waals surface area contributed by atoms with Crippen molar-refractivity contribution in [3.05, 3.63) is 66.5 Å². The number of carbonyl (C=O) groups is 1. The predicted octanol–water partition coefficient (Wildman–Crippen LogP) is 2.42. The van der Waals surface area contributed by atoms with E-state index >= 15 is 0 Å². The number of hydrogen-bond donors (Lipinski definition) is 1. The van der Waals surface area contributed by atoms with E-state index in [9.17, 15) is 4.79 Å². The van der Waals surface area contributed by atoms with Gasteiger partial charge in [0.05, 0.1) is 0 Å². The largest absolute Gasteiger partial charge is 0.369 e. The van der Waals surface area contributed by atoms with Crippen LogP contribution in [-0.4, -0.2) is 54.6 Å². The number of carbonyl (C=O) groups excluding carboxylic acids is 1. The van der Waals surface area contributed by atoms with Gasteiger partial charge in [-0.2, -0.15) is 0 Å². The second-order valence-electron chi connectivity index (χ2n) is 6.57. The lowest BCUT2D eigenvalue weighted by Crippen LogP contribution is -2.52. The molecular formula is C21H26N4O. The van der Waals surface area contributed by atoms with E-state index < -0.39 is 0 Å². The Morgan fingerprint density at radius 2 is 1.81 bits per heavy atom. The quantitative estimate of drug-likeness (QED) is 0.813. The Labute approximate surface area is 155 Å². The monoisotopic (exact) mass is 350 g/mol. The maximum absolute atomic E-state index is 12.0. The molecule has 1 N–H and O–H groups in total. The van der Waals surface area contributed by atoms with Crippen LogP contribution >= 0.6 is 0 Å². The molecule has 1 atom stereocenters. The van der Waals surface area contributed by atoms with Gasteiger partial charge in [0.1, 0.15) is 0 Å². The molecule has 0 radical (unpaired) electrons. The van der Waals surface area contributed by atoms with Crippen molar-refractivity contribution in [2.45, 2.75) is 13.0 Å². The van der Waals surface area contributed by atoms with Gasteiger partial charge in [-0.15, -0.1) is 0 Å². The van der Waals surface area contributed by atoms with Gasteiger partial charge in [-0.25, -0.2) is 0 Å². The Bertz CT molecular complexity index is 709. The van der Waals surface area contributed by atoms with E-state index in [1.165, 1.54) is 5.69 Å². The standard InChI is InChI=1S/C21H26N4O/c1-18(17-23-21(26)8-7-19-9-11-22-12-10-19)24-13-15-25(16-14-24)20-5-3-2-4-6-20/h2-12,18H,13-17H2,1H3,(H,23,26)/b8-7+. The fraction of sp³-hybridized carbons (Fsp3) is 0.333. The summed E-state index contributed by atoms with van der Waals surface area (Å²) in [4.78, 5) is 20.8. The van der Waals surface area contributed by atoms with Crippen LogP contribution in [0.4, 0.5) is 5.69 Å². The number of aromatic nitrogens is 1. The van der Waals surface area contributed by atoms with Crippen LogP contribution in [0.15, 0.2) is 60.9 Å². The van der Waals surface area contributed by atoms with Crippen molar-refractivity contribution < 1.29 is 4.79 Å². The van der Waals surface area contributed by atoms with Gasteiger partial charge >= 0.3 is 0 Å². The average molecular weight is 350 g/mol. The number of rotatable bonds is 6. The van der Waals surface area contributed by atoms with E-state index in [1.54, 1.807) is 24.5 Å². The number of para-hydroxylation sites is 1. The van der Waals surface area contributed by atoms with Crippen LogP contribution in [0.1, 0.15) is 12.5 Å². The first-order chi connectivity index (χ1) is 12.7. The first kappa shape index (κ1) is 18.1. The Morgan fingerprint density at radius 3 is 2.50 bits per heavy atom. The van der Waals surface area contributed by atoms with E-state index in [0.717, 1.165) is 31.7 Å². The minimum absolute atomic E-state index is 0.0587. The van der Waals surface area contributed by atoms with E-state index in [1.807, 2.05) is 18.2 Å². The Hall–Kier alpha value is -2.66. The third kappa shape index (κ3) is 5.17. The minimum Gasteiger partial charge on any atom is -0.369 e. The SMILES string of the molecule is CC(CNC(=O)/C=C/c1ccncc1)N1CCN(c2ccccc2)CC1. The third-order valence-electron chi connectivity index (χ3n) is 4.76. The van der Waals surface area contributed by atoms with E-state index in [2.05, 4.69) is 51.3 Å². The van der Waals surface area contributed by atoms with Gasteiger partial charge in [-0.1, -0.05) is 18.2 Å². The molecular weight excluding hydrogens is 324 g/mol. The van der Waals surface area contributed by atoms with Crippen LogP contribution < -0.4 is 10.2 Å². The van der Waals surface area contributed by atoms with E-state index in [0.29, 0.717) is 12.6 Å². The molecule has 1 amide bonds. The van der Waals surface area contributed by atoms with Crippen molar-refractivity contribution >= 4 is 17.7 Å². The van der Waals surface area contributed by atoms with Crippen molar-refractivity contribution in [1.82, 2.24) is 15.2 Å². The zero-order chi connectivity index (χ0) is 18.2. The molecule has 0 saturated carbocycles. The molecule has 5 nitrogen and oxygen atoms in total. The van der Waals surface area contributed by atoms with E-state index in [-0.39, 0.29) is 5.91 Å². The highest BCUT2D eigenvalue weighted by Gasteiger charge is 2.21. The van der Waals surface area contributed by atoms with E-state index in [4.69, 9.17) is 0 Å². The molecule has 0 spiro atoms. The van der Waals surface area contributed by atoms with Gasteiger partial charge in [0.15, 0.2) is 0 Å².